The van der Waals surface area contributed by atoms with Crippen molar-refractivity contribution in [3.63, 3.8) is 0 Å². The van der Waals surface area contributed by atoms with Gasteiger partial charge in [-0.1, -0.05) is 48.5 Å². The number of hydrazone groups is 1. The van der Waals surface area contributed by atoms with Crippen molar-refractivity contribution in [1.82, 2.24) is 14.8 Å². The number of aromatic nitrogens is 3. The van der Waals surface area contributed by atoms with Gasteiger partial charge in [-0.2, -0.15) is 5.10 Å². The number of Topliss-reactive ketones (excluding diaryl/α,β-unsaturated/α-hetero) is 1. The zero-order valence-corrected chi connectivity index (χ0v) is 18.3. The van der Waals surface area contributed by atoms with Gasteiger partial charge in [0, 0.05) is 30.3 Å². The van der Waals surface area contributed by atoms with Crippen LogP contribution in [0.15, 0.2) is 95.2 Å². The van der Waals surface area contributed by atoms with E-state index in [1.807, 2.05) is 65.2 Å². The summed E-state index contributed by atoms with van der Waals surface area (Å²) in [7, 11) is 0. The number of thioether (sulfide) groups is 1. The van der Waals surface area contributed by atoms with Crippen LogP contribution in [0.1, 0.15) is 6.92 Å². The quantitative estimate of drug-likeness (QED) is 0.137. The number of hydrogen-bond donors (Lipinski definition) is 1. The zero-order chi connectivity index (χ0) is 23.2. The maximum absolute atomic E-state index is 12.3. The van der Waals surface area contributed by atoms with Gasteiger partial charge in [0.25, 0.3) is 5.69 Å². The lowest BCUT2D eigenvalue weighted by Crippen LogP contribution is -2.10. The Hall–Kier alpha value is -4.31. The molecule has 9 nitrogen and oxygen atoms in total. The number of benzene rings is 3. The molecule has 164 valence electrons. The maximum atomic E-state index is 12.3. The highest BCUT2D eigenvalue weighted by Gasteiger charge is 2.20. The standard InChI is InChI=1S/C23H18N6O3S/c1-16(30)22(26-24-18-12-14-20(15-13-18)29(31)32)33-23-27-25-21(17-8-4-2-5-9-17)28(23)19-10-6-3-7-11-19/h2-15,24H,1H3/b26-22+. The van der Waals surface area contributed by atoms with Crippen LogP contribution in [0.5, 0.6) is 0 Å². The topological polar surface area (TPSA) is 115 Å². The van der Waals surface area contributed by atoms with Crippen LogP contribution >= 0.6 is 11.8 Å². The third kappa shape index (κ3) is 5.13. The molecule has 33 heavy (non-hydrogen) atoms. The van der Waals surface area contributed by atoms with Crippen LogP contribution < -0.4 is 5.43 Å². The van der Waals surface area contributed by atoms with Gasteiger partial charge in [-0.15, -0.1) is 10.2 Å². The van der Waals surface area contributed by atoms with E-state index in [1.165, 1.54) is 31.2 Å². The lowest BCUT2D eigenvalue weighted by atomic mass is 10.2. The molecule has 4 aromatic rings. The molecule has 0 saturated heterocycles. The Labute approximate surface area is 193 Å². The van der Waals surface area contributed by atoms with Gasteiger partial charge < -0.3 is 0 Å². The molecule has 0 fully saturated rings. The van der Waals surface area contributed by atoms with Crippen LogP contribution in [-0.2, 0) is 4.79 Å². The fraction of sp³-hybridized carbons (Fsp3) is 0.0435. The number of nitro groups is 1. The largest absolute Gasteiger partial charge is 0.292 e. The van der Waals surface area contributed by atoms with Crippen molar-refractivity contribution in [2.75, 3.05) is 5.43 Å². The second kappa shape index (κ2) is 9.88. The summed E-state index contributed by atoms with van der Waals surface area (Å²) in [6.45, 7) is 1.41. The number of nitro benzene ring substituents is 1. The summed E-state index contributed by atoms with van der Waals surface area (Å²) < 4.78 is 1.87. The summed E-state index contributed by atoms with van der Waals surface area (Å²) >= 11 is 1.08. The molecule has 0 spiro atoms. The molecule has 0 aliphatic heterocycles. The van der Waals surface area contributed by atoms with Crippen LogP contribution in [-0.4, -0.2) is 30.5 Å². The van der Waals surface area contributed by atoms with Gasteiger partial charge in [0.1, 0.15) is 0 Å². The van der Waals surface area contributed by atoms with Gasteiger partial charge in [-0.05, 0) is 36.0 Å². The number of para-hydroxylation sites is 1. The average molecular weight is 459 g/mol. The van der Waals surface area contributed by atoms with Crippen molar-refractivity contribution in [2.45, 2.75) is 12.1 Å². The van der Waals surface area contributed by atoms with Gasteiger partial charge in [0.15, 0.2) is 16.7 Å². The minimum Gasteiger partial charge on any atom is -0.292 e. The van der Waals surface area contributed by atoms with E-state index >= 15 is 0 Å². The fourth-order valence-electron chi connectivity index (χ4n) is 2.95. The lowest BCUT2D eigenvalue weighted by Gasteiger charge is -2.10. The van der Waals surface area contributed by atoms with E-state index < -0.39 is 4.92 Å². The average Bonchev–Trinajstić information content (AvgIpc) is 3.26. The van der Waals surface area contributed by atoms with Crippen LogP contribution in [0, 0.1) is 10.1 Å². The Bertz CT molecular complexity index is 1310. The highest BCUT2D eigenvalue weighted by Crippen LogP contribution is 2.29. The van der Waals surface area contributed by atoms with E-state index in [0.717, 1.165) is 23.0 Å². The van der Waals surface area contributed by atoms with Crippen molar-refractivity contribution < 1.29 is 9.72 Å². The van der Waals surface area contributed by atoms with Crippen molar-refractivity contribution in [2.24, 2.45) is 5.10 Å². The number of anilines is 1. The third-order valence-electron chi connectivity index (χ3n) is 4.53. The van der Waals surface area contributed by atoms with Gasteiger partial charge in [-0.3, -0.25) is 24.9 Å². The number of non-ortho nitro benzene ring substituents is 1. The molecule has 0 radical (unpaired) electrons. The summed E-state index contributed by atoms with van der Waals surface area (Å²) in [4.78, 5) is 22.6. The van der Waals surface area contributed by atoms with Gasteiger partial charge >= 0.3 is 0 Å². The molecule has 1 aromatic heterocycles. The summed E-state index contributed by atoms with van der Waals surface area (Å²) in [5, 5.41) is 24.3. The molecule has 0 amide bonds. The number of ketones is 1. The minimum atomic E-state index is -0.482. The van der Waals surface area contributed by atoms with E-state index in [-0.39, 0.29) is 16.5 Å². The Kier molecular flexibility index (Phi) is 6.56. The first-order valence-corrected chi connectivity index (χ1v) is 10.7. The number of nitrogens with zero attached hydrogens (tertiary/aromatic N) is 5. The van der Waals surface area contributed by atoms with E-state index in [1.54, 1.807) is 0 Å². The van der Waals surface area contributed by atoms with Gasteiger partial charge in [0.2, 0.25) is 5.16 Å². The Morgan fingerprint density at radius 2 is 1.61 bits per heavy atom. The van der Waals surface area contributed by atoms with Crippen LogP contribution in [0.25, 0.3) is 17.1 Å². The summed E-state index contributed by atoms with van der Waals surface area (Å²) in [6, 6.07) is 25.0. The van der Waals surface area contributed by atoms with E-state index in [9.17, 15) is 14.9 Å². The van der Waals surface area contributed by atoms with Crippen molar-refractivity contribution in [3.8, 4) is 17.1 Å². The molecule has 1 heterocycles. The van der Waals surface area contributed by atoms with E-state index in [2.05, 4.69) is 20.7 Å². The summed E-state index contributed by atoms with van der Waals surface area (Å²) in [5.74, 6) is 0.369. The first-order valence-electron chi connectivity index (χ1n) is 9.86. The highest BCUT2D eigenvalue weighted by molar-refractivity contribution is 8.15. The van der Waals surface area contributed by atoms with Gasteiger partial charge in [-0.25, -0.2) is 0 Å². The highest BCUT2D eigenvalue weighted by atomic mass is 32.2. The van der Waals surface area contributed by atoms with Gasteiger partial charge in [0.05, 0.1) is 10.6 Å². The Morgan fingerprint density at radius 1 is 0.970 bits per heavy atom. The second-order valence-electron chi connectivity index (χ2n) is 6.83. The molecule has 0 aliphatic carbocycles. The van der Waals surface area contributed by atoms with Crippen molar-refractivity contribution in [3.05, 3.63) is 95.0 Å². The SMILES string of the molecule is CC(=O)/C(=N\Nc1ccc([N+](=O)[O-])cc1)Sc1nnc(-c2ccccc2)n1-c1ccccc1. The number of carbonyl (C=O) groups is 1. The molecule has 0 atom stereocenters. The number of carbonyl (C=O) groups excluding carboxylic acids is 1. The maximum Gasteiger partial charge on any atom is 0.269 e. The zero-order valence-electron chi connectivity index (χ0n) is 17.5. The van der Waals surface area contributed by atoms with Crippen LogP contribution in [0.4, 0.5) is 11.4 Å². The molecule has 3 aromatic carbocycles. The normalized spacial score (nSPS) is 11.2. The fourth-order valence-corrected chi connectivity index (χ4v) is 3.73. The van der Waals surface area contributed by atoms with Crippen LogP contribution in [0.2, 0.25) is 0 Å². The first kappa shape index (κ1) is 21.9. The number of hydrogen-bond acceptors (Lipinski definition) is 8. The Balaban J connectivity index is 1.67. The van der Waals surface area contributed by atoms with Crippen LogP contribution in [0.3, 0.4) is 0 Å². The molecule has 10 heteroatoms. The molecule has 0 aliphatic rings. The molecule has 0 unspecified atom stereocenters. The lowest BCUT2D eigenvalue weighted by molar-refractivity contribution is -0.384. The molecule has 0 bridgehead atoms. The smallest absolute Gasteiger partial charge is 0.269 e. The second-order valence-corrected chi connectivity index (χ2v) is 7.79. The monoisotopic (exact) mass is 458 g/mol. The molecular formula is C23H18N6O3S. The van der Waals surface area contributed by atoms with Crippen molar-refractivity contribution in [1.29, 1.82) is 0 Å². The summed E-state index contributed by atoms with van der Waals surface area (Å²) in [5.41, 5.74) is 4.98. The summed E-state index contributed by atoms with van der Waals surface area (Å²) in [6.07, 6.45) is 0. The molecular weight excluding hydrogens is 440 g/mol. The molecule has 4 rings (SSSR count). The first-order chi connectivity index (χ1) is 16.0. The number of nitrogens with one attached hydrogen (secondary N) is 1. The predicted molar refractivity (Wildman–Crippen MR) is 127 cm³/mol. The molecule has 1 N–H and O–H groups in total. The number of rotatable bonds is 7. The van der Waals surface area contributed by atoms with E-state index in [4.69, 9.17) is 0 Å². The minimum absolute atomic E-state index is 0.0323. The van der Waals surface area contributed by atoms with E-state index in [0.29, 0.717) is 16.7 Å². The predicted octanol–water partition coefficient (Wildman–Crippen LogP) is 4.95. The van der Waals surface area contributed by atoms with Crippen molar-refractivity contribution >= 4 is 34.0 Å². The Morgan fingerprint density at radius 3 is 2.21 bits per heavy atom. The third-order valence-corrected chi connectivity index (χ3v) is 5.55. The molecule has 0 saturated carbocycles.